The van der Waals surface area contributed by atoms with Crippen LogP contribution in [0.1, 0.15) is 12.8 Å². The van der Waals surface area contributed by atoms with E-state index in [2.05, 4.69) is 13.2 Å². The van der Waals surface area contributed by atoms with Crippen LogP contribution in [0.3, 0.4) is 0 Å². The molecule has 2 fully saturated rings. The molecule has 0 amide bonds. The van der Waals surface area contributed by atoms with Gasteiger partial charge in [0.2, 0.25) is 0 Å². The number of fused-ring (bicyclic) bond motifs is 2. The van der Waals surface area contributed by atoms with Gasteiger partial charge in [-0.15, -0.1) is 0 Å². The Kier molecular flexibility index (Phi) is 2.77. The minimum absolute atomic E-state index is 0.206. The first-order chi connectivity index (χ1) is 6.85. The van der Waals surface area contributed by atoms with E-state index in [0.29, 0.717) is 18.6 Å². The van der Waals surface area contributed by atoms with Gasteiger partial charge in [-0.25, -0.2) is 0 Å². The summed E-state index contributed by atoms with van der Waals surface area (Å²) in [4.78, 5) is 0. The van der Waals surface area contributed by atoms with Crippen molar-refractivity contribution in [1.82, 2.24) is 0 Å². The van der Waals surface area contributed by atoms with E-state index >= 15 is 0 Å². The van der Waals surface area contributed by atoms with Gasteiger partial charge in [0.15, 0.2) is 0 Å². The van der Waals surface area contributed by atoms with Crippen LogP contribution >= 0.6 is 0 Å². The van der Waals surface area contributed by atoms with Gasteiger partial charge < -0.3 is 14.2 Å². The maximum absolute atomic E-state index is 5.76. The molecular formula is C11H16O3. The first-order valence-corrected chi connectivity index (χ1v) is 4.99. The van der Waals surface area contributed by atoms with Gasteiger partial charge in [-0.2, -0.15) is 0 Å². The molecule has 4 atom stereocenters. The average Bonchev–Trinajstić information content (AvgIpc) is 2.74. The maximum Gasteiger partial charge on any atom is 0.126 e. The van der Waals surface area contributed by atoms with Crippen molar-refractivity contribution < 1.29 is 14.2 Å². The minimum atomic E-state index is 0.206. The molecule has 2 aliphatic heterocycles. The first-order valence-electron chi connectivity index (χ1n) is 4.99. The van der Waals surface area contributed by atoms with E-state index in [1.54, 1.807) is 0 Å². The number of ether oxygens (including phenoxy) is 3. The van der Waals surface area contributed by atoms with E-state index in [4.69, 9.17) is 14.2 Å². The fraction of sp³-hybridized carbons (Fsp3) is 0.636. The third-order valence-electron chi connectivity index (χ3n) is 2.99. The molecule has 2 aliphatic rings. The predicted molar refractivity (Wildman–Crippen MR) is 52.6 cm³/mol. The van der Waals surface area contributed by atoms with Crippen LogP contribution in [0.15, 0.2) is 25.7 Å². The van der Waals surface area contributed by atoms with Gasteiger partial charge in [-0.05, 0) is 6.42 Å². The molecule has 3 heteroatoms. The van der Waals surface area contributed by atoms with Crippen molar-refractivity contribution in [2.75, 3.05) is 6.61 Å². The Balaban J connectivity index is 1.83. The molecule has 0 saturated carbocycles. The normalized spacial score (nSPS) is 39.4. The minimum Gasteiger partial charge on any atom is -0.501 e. The van der Waals surface area contributed by atoms with E-state index < -0.39 is 0 Å². The second-order valence-corrected chi connectivity index (χ2v) is 3.79. The van der Waals surface area contributed by atoms with Gasteiger partial charge in [-0.3, -0.25) is 0 Å². The van der Waals surface area contributed by atoms with Crippen molar-refractivity contribution in [3.63, 3.8) is 0 Å². The van der Waals surface area contributed by atoms with Crippen molar-refractivity contribution in [2.45, 2.75) is 31.2 Å². The van der Waals surface area contributed by atoms with Gasteiger partial charge in [-0.1, -0.05) is 13.2 Å². The second kappa shape index (κ2) is 4.05. The predicted octanol–water partition coefficient (Wildman–Crippen LogP) is 1.85. The molecule has 78 valence electrons. The number of hydrogen-bond acceptors (Lipinski definition) is 3. The molecule has 2 rings (SSSR count). The highest BCUT2D eigenvalue weighted by Crippen LogP contribution is 2.40. The summed E-state index contributed by atoms with van der Waals surface area (Å²) in [6.07, 6.45) is 5.71. The van der Waals surface area contributed by atoms with E-state index in [1.807, 2.05) is 0 Å². The zero-order valence-electron chi connectivity index (χ0n) is 8.22. The smallest absolute Gasteiger partial charge is 0.126 e. The van der Waals surface area contributed by atoms with Crippen molar-refractivity contribution in [2.24, 2.45) is 5.92 Å². The zero-order chi connectivity index (χ0) is 9.97. The molecule has 0 radical (unpaired) electrons. The second-order valence-electron chi connectivity index (χ2n) is 3.79. The number of hydrogen-bond donors (Lipinski definition) is 0. The standard InChI is InChI=1S/C11H16O3/c1-3-12-7-8-5-11-10(13-4-2)6-9(8)14-11/h3-4,8-11H,1-2,5-7H2/t8-,9-,10+,11-/m1/s1. The topological polar surface area (TPSA) is 27.7 Å². The Morgan fingerprint density at radius 1 is 1.21 bits per heavy atom. The molecule has 0 aromatic rings. The Hall–Kier alpha value is -0.960. The van der Waals surface area contributed by atoms with Gasteiger partial charge in [0, 0.05) is 12.3 Å². The highest BCUT2D eigenvalue weighted by Gasteiger charge is 2.48. The zero-order valence-corrected chi connectivity index (χ0v) is 8.22. The molecule has 14 heavy (non-hydrogen) atoms. The molecule has 2 bridgehead atoms. The Bertz CT molecular complexity index is 227. The van der Waals surface area contributed by atoms with Crippen molar-refractivity contribution in [3.05, 3.63) is 25.7 Å². The third kappa shape index (κ3) is 1.64. The van der Waals surface area contributed by atoms with Crippen LogP contribution in [0.2, 0.25) is 0 Å². The molecule has 0 aromatic heterocycles. The van der Waals surface area contributed by atoms with Crippen molar-refractivity contribution in [1.29, 1.82) is 0 Å². The lowest BCUT2D eigenvalue weighted by Gasteiger charge is -2.23. The van der Waals surface area contributed by atoms with Crippen LogP contribution < -0.4 is 0 Å². The van der Waals surface area contributed by atoms with Crippen LogP contribution in [0.4, 0.5) is 0 Å². The van der Waals surface area contributed by atoms with Crippen molar-refractivity contribution in [3.8, 4) is 0 Å². The largest absolute Gasteiger partial charge is 0.501 e. The van der Waals surface area contributed by atoms with E-state index in [-0.39, 0.29) is 12.2 Å². The summed E-state index contributed by atoms with van der Waals surface area (Å²) in [5, 5.41) is 0. The SMILES string of the molecule is C=COC[C@H]1C[C@H]2O[C@@H]1C[C@@H]2OC=C. The molecule has 0 spiro atoms. The highest BCUT2D eigenvalue weighted by molar-refractivity contribution is 4.96. The molecule has 0 unspecified atom stereocenters. The summed E-state index contributed by atoms with van der Waals surface area (Å²) in [6, 6.07) is 0. The maximum atomic E-state index is 5.76. The Labute approximate surface area is 84.3 Å². The van der Waals surface area contributed by atoms with Gasteiger partial charge in [0.25, 0.3) is 0 Å². The molecule has 3 nitrogen and oxygen atoms in total. The third-order valence-corrected chi connectivity index (χ3v) is 2.99. The van der Waals surface area contributed by atoms with Crippen LogP contribution in [0.25, 0.3) is 0 Å². The molecule has 2 heterocycles. The van der Waals surface area contributed by atoms with Crippen LogP contribution in [0.5, 0.6) is 0 Å². The summed E-state index contributed by atoms with van der Waals surface area (Å²) < 4.78 is 16.3. The summed E-state index contributed by atoms with van der Waals surface area (Å²) >= 11 is 0. The summed E-state index contributed by atoms with van der Waals surface area (Å²) in [5.74, 6) is 0.502. The molecule has 2 saturated heterocycles. The fourth-order valence-electron chi connectivity index (χ4n) is 2.34. The summed E-state index contributed by atoms with van der Waals surface area (Å²) in [5.41, 5.74) is 0. The van der Waals surface area contributed by atoms with Crippen molar-refractivity contribution >= 4 is 0 Å². The molecular weight excluding hydrogens is 180 g/mol. The lowest BCUT2D eigenvalue weighted by molar-refractivity contribution is 0.0442. The van der Waals surface area contributed by atoms with E-state index in [0.717, 1.165) is 12.8 Å². The Morgan fingerprint density at radius 2 is 2.07 bits per heavy atom. The average molecular weight is 196 g/mol. The first kappa shape index (κ1) is 9.59. The lowest BCUT2D eigenvalue weighted by Crippen LogP contribution is -2.30. The molecule has 0 aliphatic carbocycles. The van der Waals surface area contributed by atoms with Gasteiger partial charge >= 0.3 is 0 Å². The lowest BCUT2D eigenvalue weighted by atomic mass is 9.88. The van der Waals surface area contributed by atoms with Crippen LogP contribution in [0, 0.1) is 5.92 Å². The highest BCUT2D eigenvalue weighted by atomic mass is 16.6. The molecule has 0 N–H and O–H groups in total. The monoisotopic (exact) mass is 196 g/mol. The van der Waals surface area contributed by atoms with Crippen LogP contribution in [-0.2, 0) is 14.2 Å². The van der Waals surface area contributed by atoms with Gasteiger partial charge in [0.05, 0.1) is 31.3 Å². The van der Waals surface area contributed by atoms with Crippen LogP contribution in [-0.4, -0.2) is 24.9 Å². The summed E-state index contributed by atoms with van der Waals surface area (Å²) in [6.45, 7) is 7.80. The quantitative estimate of drug-likeness (QED) is 0.628. The number of rotatable bonds is 5. The Morgan fingerprint density at radius 3 is 2.64 bits per heavy atom. The van der Waals surface area contributed by atoms with E-state index in [1.165, 1.54) is 12.5 Å². The van der Waals surface area contributed by atoms with E-state index in [9.17, 15) is 0 Å². The fourth-order valence-corrected chi connectivity index (χ4v) is 2.34. The summed E-state index contributed by atoms with van der Waals surface area (Å²) in [7, 11) is 0. The van der Waals surface area contributed by atoms with Gasteiger partial charge in [0.1, 0.15) is 6.10 Å². The molecule has 0 aromatic carbocycles.